The Hall–Kier alpha value is -1.88. The predicted molar refractivity (Wildman–Crippen MR) is 71.3 cm³/mol. The van der Waals surface area contributed by atoms with Crippen LogP contribution in [0.25, 0.3) is 15.2 Å². The van der Waals surface area contributed by atoms with Crippen LogP contribution in [0.5, 0.6) is 0 Å². The standard InChI is InChI=1S/C13H12N2O2S/c1-3-17-12(16)9-7-15-11-8(2)5-4-6-10(11)18-13(15)14-9/h4-7H,3H2,1-2H3. The van der Waals surface area contributed by atoms with E-state index in [1.54, 1.807) is 24.5 Å². The lowest BCUT2D eigenvalue weighted by molar-refractivity contribution is 0.0520. The van der Waals surface area contributed by atoms with E-state index in [2.05, 4.69) is 24.0 Å². The Labute approximate surface area is 108 Å². The summed E-state index contributed by atoms with van der Waals surface area (Å²) in [6, 6.07) is 6.14. The molecular formula is C13H12N2O2S. The Bertz CT molecular complexity index is 742. The molecule has 92 valence electrons. The van der Waals surface area contributed by atoms with E-state index >= 15 is 0 Å². The van der Waals surface area contributed by atoms with Gasteiger partial charge in [-0.1, -0.05) is 23.5 Å². The van der Waals surface area contributed by atoms with E-state index in [1.165, 1.54) is 10.3 Å². The van der Waals surface area contributed by atoms with Gasteiger partial charge in [0.2, 0.25) is 0 Å². The lowest BCUT2D eigenvalue weighted by Crippen LogP contribution is -2.04. The zero-order chi connectivity index (χ0) is 12.7. The molecule has 0 fully saturated rings. The molecular weight excluding hydrogens is 248 g/mol. The summed E-state index contributed by atoms with van der Waals surface area (Å²) >= 11 is 1.58. The first-order valence-corrected chi connectivity index (χ1v) is 6.56. The van der Waals surface area contributed by atoms with Crippen molar-refractivity contribution in [2.75, 3.05) is 6.61 Å². The first-order chi connectivity index (χ1) is 8.70. The summed E-state index contributed by atoms with van der Waals surface area (Å²) in [5, 5.41) is 0. The second-order valence-electron chi connectivity index (χ2n) is 4.02. The summed E-state index contributed by atoms with van der Waals surface area (Å²) in [7, 11) is 0. The first kappa shape index (κ1) is 11.2. The van der Waals surface area contributed by atoms with Gasteiger partial charge in [0.05, 0.1) is 16.8 Å². The van der Waals surface area contributed by atoms with Crippen molar-refractivity contribution in [1.82, 2.24) is 9.38 Å². The highest BCUT2D eigenvalue weighted by Gasteiger charge is 2.15. The fraction of sp³-hybridized carbons (Fsp3) is 0.231. The highest BCUT2D eigenvalue weighted by atomic mass is 32.1. The maximum absolute atomic E-state index is 11.6. The van der Waals surface area contributed by atoms with Crippen LogP contribution in [0.2, 0.25) is 0 Å². The zero-order valence-electron chi connectivity index (χ0n) is 10.1. The lowest BCUT2D eigenvalue weighted by Gasteiger charge is -1.97. The van der Waals surface area contributed by atoms with Gasteiger partial charge in [-0.25, -0.2) is 9.78 Å². The van der Waals surface area contributed by atoms with Crippen molar-refractivity contribution in [3.8, 4) is 0 Å². The second-order valence-corrected chi connectivity index (χ2v) is 5.03. The van der Waals surface area contributed by atoms with Crippen molar-refractivity contribution in [3.63, 3.8) is 0 Å². The molecule has 18 heavy (non-hydrogen) atoms. The van der Waals surface area contributed by atoms with Gasteiger partial charge < -0.3 is 4.74 Å². The van der Waals surface area contributed by atoms with Crippen LogP contribution in [0.15, 0.2) is 24.4 Å². The number of aromatic nitrogens is 2. The van der Waals surface area contributed by atoms with E-state index in [-0.39, 0.29) is 5.97 Å². The highest BCUT2D eigenvalue weighted by Crippen LogP contribution is 2.28. The van der Waals surface area contributed by atoms with Crippen molar-refractivity contribution in [1.29, 1.82) is 0 Å². The molecule has 0 aliphatic carbocycles. The van der Waals surface area contributed by atoms with Crippen LogP contribution >= 0.6 is 11.3 Å². The number of benzene rings is 1. The fourth-order valence-electron chi connectivity index (χ4n) is 2.02. The average molecular weight is 260 g/mol. The molecule has 2 heterocycles. The molecule has 1 aromatic carbocycles. The third-order valence-corrected chi connectivity index (χ3v) is 3.82. The maximum atomic E-state index is 11.6. The minimum Gasteiger partial charge on any atom is -0.461 e. The SMILES string of the molecule is CCOC(=O)c1cn2c(n1)sc1cccc(C)c12. The van der Waals surface area contributed by atoms with Gasteiger partial charge >= 0.3 is 5.97 Å². The third-order valence-electron chi connectivity index (χ3n) is 2.80. The van der Waals surface area contributed by atoms with Crippen molar-refractivity contribution >= 4 is 32.5 Å². The van der Waals surface area contributed by atoms with Crippen molar-refractivity contribution in [2.45, 2.75) is 13.8 Å². The van der Waals surface area contributed by atoms with E-state index in [4.69, 9.17) is 4.74 Å². The monoisotopic (exact) mass is 260 g/mol. The topological polar surface area (TPSA) is 43.6 Å². The van der Waals surface area contributed by atoms with E-state index in [1.807, 2.05) is 10.5 Å². The molecule has 0 atom stereocenters. The van der Waals surface area contributed by atoms with Crippen molar-refractivity contribution in [2.24, 2.45) is 0 Å². The lowest BCUT2D eigenvalue weighted by atomic mass is 10.2. The maximum Gasteiger partial charge on any atom is 0.358 e. The number of hydrogen-bond donors (Lipinski definition) is 0. The summed E-state index contributed by atoms with van der Waals surface area (Å²) in [5.41, 5.74) is 2.65. The molecule has 2 aromatic heterocycles. The summed E-state index contributed by atoms with van der Waals surface area (Å²) in [4.78, 5) is 16.8. The summed E-state index contributed by atoms with van der Waals surface area (Å²) in [6.45, 7) is 4.21. The van der Waals surface area contributed by atoms with Crippen LogP contribution in [0.1, 0.15) is 23.0 Å². The number of hydrogen-bond acceptors (Lipinski definition) is 4. The Morgan fingerprint density at radius 3 is 3.11 bits per heavy atom. The molecule has 0 aliphatic rings. The average Bonchev–Trinajstić information content (AvgIpc) is 2.86. The number of fused-ring (bicyclic) bond motifs is 3. The second kappa shape index (κ2) is 4.10. The molecule has 0 spiro atoms. The fourth-order valence-corrected chi connectivity index (χ4v) is 3.11. The van der Waals surface area contributed by atoms with E-state index in [9.17, 15) is 4.79 Å². The number of esters is 1. The predicted octanol–water partition coefficient (Wildman–Crippen LogP) is 3.03. The van der Waals surface area contributed by atoms with Crippen LogP contribution in [0.3, 0.4) is 0 Å². The zero-order valence-corrected chi connectivity index (χ0v) is 11.0. The van der Waals surface area contributed by atoms with Crippen LogP contribution in [0, 0.1) is 6.92 Å². The van der Waals surface area contributed by atoms with E-state index in [0.717, 1.165) is 10.5 Å². The molecule has 4 nitrogen and oxygen atoms in total. The number of carbonyl (C=O) groups excluding carboxylic acids is 1. The minimum atomic E-state index is -0.366. The number of carbonyl (C=O) groups is 1. The molecule has 0 N–H and O–H groups in total. The minimum absolute atomic E-state index is 0.365. The van der Waals surface area contributed by atoms with Crippen LogP contribution in [-0.4, -0.2) is 22.0 Å². The molecule has 0 saturated heterocycles. The van der Waals surface area contributed by atoms with Crippen LogP contribution in [-0.2, 0) is 4.74 Å². The molecule has 0 radical (unpaired) electrons. The van der Waals surface area contributed by atoms with Gasteiger partial charge in [-0.15, -0.1) is 0 Å². The Balaban J connectivity index is 2.22. The molecule has 3 aromatic rings. The van der Waals surface area contributed by atoms with Crippen molar-refractivity contribution < 1.29 is 9.53 Å². The molecule has 0 saturated carbocycles. The molecule has 0 bridgehead atoms. The van der Waals surface area contributed by atoms with Gasteiger partial charge in [0.15, 0.2) is 10.7 Å². The smallest absolute Gasteiger partial charge is 0.358 e. The largest absolute Gasteiger partial charge is 0.461 e. The summed E-state index contributed by atoms with van der Waals surface area (Å²) in [5.74, 6) is -0.366. The van der Waals surface area contributed by atoms with Gasteiger partial charge in [0.25, 0.3) is 0 Å². The van der Waals surface area contributed by atoms with Gasteiger partial charge in [-0.3, -0.25) is 4.40 Å². The number of nitrogens with zero attached hydrogens (tertiary/aromatic N) is 2. The number of aryl methyl sites for hydroxylation is 1. The van der Waals surface area contributed by atoms with Crippen LogP contribution in [0.4, 0.5) is 0 Å². The first-order valence-electron chi connectivity index (χ1n) is 5.75. The van der Waals surface area contributed by atoms with E-state index < -0.39 is 0 Å². The highest BCUT2D eigenvalue weighted by molar-refractivity contribution is 7.23. The van der Waals surface area contributed by atoms with Crippen LogP contribution < -0.4 is 0 Å². The number of ether oxygens (including phenoxy) is 1. The van der Waals surface area contributed by atoms with Gasteiger partial charge in [0.1, 0.15) is 0 Å². The molecule has 3 rings (SSSR count). The number of rotatable bonds is 2. The quantitative estimate of drug-likeness (QED) is 0.665. The number of imidazole rings is 1. The van der Waals surface area contributed by atoms with E-state index in [0.29, 0.717) is 12.3 Å². The number of thiazole rings is 1. The van der Waals surface area contributed by atoms with Gasteiger partial charge in [0, 0.05) is 6.20 Å². The van der Waals surface area contributed by atoms with Crippen molar-refractivity contribution in [3.05, 3.63) is 35.7 Å². The van der Waals surface area contributed by atoms with Gasteiger partial charge in [-0.05, 0) is 25.5 Å². The molecule has 0 amide bonds. The summed E-state index contributed by atoms with van der Waals surface area (Å²) in [6.07, 6.45) is 1.75. The molecule has 5 heteroatoms. The van der Waals surface area contributed by atoms with Gasteiger partial charge in [-0.2, -0.15) is 0 Å². The Morgan fingerprint density at radius 1 is 1.50 bits per heavy atom. The number of para-hydroxylation sites is 1. The Kier molecular flexibility index (Phi) is 2.56. The third kappa shape index (κ3) is 1.59. The molecule has 0 aliphatic heterocycles. The normalized spacial score (nSPS) is 11.2. The Morgan fingerprint density at radius 2 is 2.33 bits per heavy atom. The summed E-state index contributed by atoms with van der Waals surface area (Å²) < 4.78 is 8.09. The molecule has 0 unspecified atom stereocenters.